The number of anilines is 1. The molecule has 0 saturated carbocycles. The molecule has 0 spiro atoms. The lowest BCUT2D eigenvalue weighted by Gasteiger charge is -2.25. The van der Waals surface area contributed by atoms with E-state index < -0.39 is 5.97 Å². The number of rotatable bonds is 4. The second-order valence-corrected chi connectivity index (χ2v) is 4.95. The lowest BCUT2D eigenvalue weighted by molar-refractivity contribution is -0.143. The van der Waals surface area contributed by atoms with Crippen molar-refractivity contribution in [3.63, 3.8) is 0 Å². The monoisotopic (exact) mass is 290 g/mol. The summed E-state index contributed by atoms with van der Waals surface area (Å²) in [4.78, 5) is 35.8. The van der Waals surface area contributed by atoms with Crippen molar-refractivity contribution in [1.29, 1.82) is 0 Å². The first kappa shape index (κ1) is 15.0. The van der Waals surface area contributed by atoms with Crippen molar-refractivity contribution < 1.29 is 19.1 Å². The number of hydrogen-bond donors (Lipinski definition) is 1. The van der Waals surface area contributed by atoms with Crippen LogP contribution < -0.4 is 10.1 Å². The van der Waals surface area contributed by atoms with E-state index in [0.717, 1.165) is 12.8 Å². The minimum atomic E-state index is -0.461. The van der Waals surface area contributed by atoms with Crippen LogP contribution in [0.3, 0.4) is 0 Å². The van der Waals surface area contributed by atoms with Gasteiger partial charge in [0.1, 0.15) is 12.3 Å². The smallest absolute Gasteiger partial charge is 0.331 e. The first-order chi connectivity index (χ1) is 10.0. The summed E-state index contributed by atoms with van der Waals surface area (Å²) in [6, 6.07) is 6.49. The zero-order valence-corrected chi connectivity index (χ0v) is 11.9. The molecule has 0 radical (unpaired) electrons. The van der Waals surface area contributed by atoms with Gasteiger partial charge in [-0.05, 0) is 37.1 Å². The van der Waals surface area contributed by atoms with Gasteiger partial charge >= 0.3 is 5.97 Å². The van der Waals surface area contributed by atoms with Crippen molar-refractivity contribution in [2.45, 2.75) is 26.2 Å². The average Bonchev–Trinajstić information content (AvgIpc) is 2.43. The molecule has 112 valence electrons. The van der Waals surface area contributed by atoms with Crippen LogP contribution in [0.25, 0.3) is 0 Å². The van der Waals surface area contributed by atoms with Gasteiger partial charge in [-0.1, -0.05) is 0 Å². The summed E-state index contributed by atoms with van der Waals surface area (Å²) >= 11 is 0. The summed E-state index contributed by atoms with van der Waals surface area (Å²) in [6.45, 7) is 2.01. The summed E-state index contributed by atoms with van der Waals surface area (Å²) in [5, 5.41) is 2.62. The lowest BCUT2D eigenvalue weighted by Crippen LogP contribution is -2.40. The highest BCUT2D eigenvalue weighted by Gasteiger charge is 2.21. The molecule has 0 aliphatic carbocycles. The molecule has 2 amide bonds. The Morgan fingerprint density at radius 3 is 2.57 bits per heavy atom. The van der Waals surface area contributed by atoms with E-state index in [1.807, 2.05) is 0 Å². The fraction of sp³-hybridized carbons (Fsp3) is 0.400. The van der Waals surface area contributed by atoms with Crippen LogP contribution in [-0.4, -0.2) is 35.8 Å². The molecule has 1 aliphatic heterocycles. The SMILES string of the molecule is CC(=O)Nc1ccc(OC(=O)CN2CCCCC2=O)cc1. The number of carbonyl (C=O) groups is 3. The van der Waals surface area contributed by atoms with Gasteiger partial charge in [-0.25, -0.2) is 4.79 Å². The third kappa shape index (κ3) is 4.59. The number of esters is 1. The van der Waals surface area contributed by atoms with Gasteiger partial charge in [0, 0.05) is 25.6 Å². The summed E-state index contributed by atoms with van der Waals surface area (Å²) in [5.74, 6) is -0.237. The first-order valence-electron chi connectivity index (χ1n) is 6.91. The Morgan fingerprint density at radius 2 is 1.95 bits per heavy atom. The van der Waals surface area contributed by atoms with E-state index >= 15 is 0 Å². The van der Waals surface area contributed by atoms with Crippen LogP contribution >= 0.6 is 0 Å². The highest BCUT2D eigenvalue weighted by Crippen LogP contribution is 2.16. The third-order valence-corrected chi connectivity index (χ3v) is 3.15. The van der Waals surface area contributed by atoms with Crippen LogP contribution in [0.1, 0.15) is 26.2 Å². The van der Waals surface area contributed by atoms with Crippen LogP contribution in [0, 0.1) is 0 Å². The Labute approximate surface area is 123 Å². The van der Waals surface area contributed by atoms with Crippen molar-refractivity contribution >= 4 is 23.5 Å². The molecular formula is C15H18N2O4. The molecule has 1 heterocycles. The van der Waals surface area contributed by atoms with E-state index in [9.17, 15) is 14.4 Å². The molecule has 1 fully saturated rings. The number of hydrogen-bond acceptors (Lipinski definition) is 4. The molecule has 1 N–H and O–H groups in total. The quantitative estimate of drug-likeness (QED) is 0.674. The molecule has 0 bridgehead atoms. The standard InChI is InChI=1S/C15H18N2O4/c1-11(18)16-12-5-7-13(8-6-12)21-15(20)10-17-9-3-2-4-14(17)19/h5-8H,2-4,9-10H2,1H3,(H,16,18). The van der Waals surface area contributed by atoms with Crippen molar-refractivity contribution in [2.75, 3.05) is 18.4 Å². The molecule has 2 rings (SSSR count). The minimum Gasteiger partial charge on any atom is -0.425 e. The zero-order valence-electron chi connectivity index (χ0n) is 11.9. The molecule has 1 aromatic rings. The summed E-state index contributed by atoms with van der Waals surface area (Å²) in [6.07, 6.45) is 2.30. The summed E-state index contributed by atoms with van der Waals surface area (Å²) in [5.41, 5.74) is 0.633. The fourth-order valence-corrected chi connectivity index (χ4v) is 2.16. The summed E-state index contributed by atoms with van der Waals surface area (Å²) in [7, 11) is 0. The van der Waals surface area contributed by atoms with Crippen LogP contribution in [0.5, 0.6) is 5.75 Å². The van der Waals surface area contributed by atoms with Gasteiger partial charge in [0.25, 0.3) is 0 Å². The largest absolute Gasteiger partial charge is 0.425 e. The Hall–Kier alpha value is -2.37. The van der Waals surface area contributed by atoms with Gasteiger partial charge in [-0.2, -0.15) is 0 Å². The molecule has 1 saturated heterocycles. The predicted octanol–water partition coefficient (Wildman–Crippen LogP) is 1.56. The minimum absolute atomic E-state index is 0.000735. The molecule has 6 heteroatoms. The fourth-order valence-electron chi connectivity index (χ4n) is 2.16. The molecular weight excluding hydrogens is 272 g/mol. The number of piperidine rings is 1. The maximum Gasteiger partial charge on any atom is 0.331 e. The zero-order chi connectivity index (χ0) is 15.2. The number of carbonyl (C=O) groups excluding carboxylic acids is 3. The van der Waals surface area contributed by atoms with Gasteiger partial charge in [0.15, 0.2) is 0 Å². The van der Waals surface area contributed by atoms with E-state index in [-0.39, 0.29) is 18.4 Å². The van der Waals surface area contributed by atoms with E-state index in [1.54, 1.807) is 24.3 Å². The van der Waals surface area contributed by atoms with Crippen molar-refractivity contribution in [1.82, 2.24) is 4.90 Å². The van der Waals surface area contributed by atoms with Crippen LogP contribution in [0.15, 0.2) is 24.3 Å². The van der Waals surface area contributed by atoms with Gasteiger partial charge in [-0.3, -0.25) is 9.59 Å². The van der Waals surface area contributed by atoms with Crippen molar-refractivity contribution in [2.24, 2.45) is 0 Å². The third-order valence-electron chi connectivity index (χ3n) is 3.15. The van der Waals surface area contributed by atoms with Crippen LogP contribution in [0.2, 0.25) is 0 Å². The molecule has 6 nitrogen and oxygen atoms in total. The average molecular weight is 290 g/mol. The van der Waals surface area contributed by atoms with Crippen LogP contribution in [-0.2, 0) is 14.4 Å². The van der Waals surface area contributed by atoms with Crippen LogP contribution in [0.4, 0.5) is 5.69 Å². The molecule has 0 aromatic heterocycles. The first-order valence-corrected chi connectivity index (χ1v) is 6.91. The molecule has 1 aliphatic rings. The molecule has 0 unspecified atom stereocenters. The lowest BCUT2D eigenvalue weighted by atomic mass is 10.1. The summed E-state index contributed by atoms with van der Waals surface area (Å²) < 4.78 is 5.18. The number of benzene rings is 1. The molecule has 0 atom stereocenters. The normalized spacial score (nSPS) is 14.7. The van der Waals surface area contributed by atoms with Gasteiger partial charge in [-0.15, -0.1) is 0 Å². The Morgan fingerprint density at radius 1 is 1.24 bits per heavy atom. The second kappa shape index (κ2) is 6.88. The van der Waals surface area contributed by atoms with Gasteiger partial charge in [0.05, 0.1) is 0 Å². The number of nitrogens with one attached hydrogen (secondary N) is 1. The maximum absolute atomic E-state index is 11.8. The number of amides is 2. The van der Waals surface area contributed by atoms with Crippen molar-refractivity contribution in [3.05, 3.63) is 24.3 Å². The van der Waals surface area contributed by atoms with E-state index in [0.29, 0.717) is 24.4 Å². The molecule has 21 heavy (non-hydrogen) atoms. The van der Waals surface area contributed by atoms with E-state index in [4.69, 9.17) is 4.74 Å². The second-order valence-electron chi connectivity index (χ2n) is 4.95. The van der Waals surface area contributed by atoms with E-state index in [1.165, 1.54) is 11.8 Å². The van der Waals surface area contributed by atoms with E-state index in [2.05, 4.69) is 5.32 Å². The predicted molar refractivity (Wildman–Crippen MR) is 76.8 cm³/mol. The highest BCUT2D eigenvalue weighted by molar-refractivity contribution is 5.88. The van der Waals surface area contributed by atoms with Gasteiger partial charge in [0.2, 0.25) is 11.8 Å². The number of nitrogens with zero attached hydrogens (tertiary/aromatic N) is 1. The van der Waals surface area contributed by atoms with Gasteiger partial charge < -0.3 is 15.0 Å². The maximum atomic E-state index is 11.8. The number of likely N-dealkylation sites (tertiary alicyclic amines) is 1. The highest BCUT2D eigenvalue weighted by atomic mass is 16.5. The topological polar surface area (TPSA) is 75.7 Å². The molecule has 1 aromatic carbocycles. The Bertz CT molecular complexity index is 539. The Kier molecular flexibility index (Phi) is 4.92. The number of ether oxygens (including phenoxy) is 1. The Balaban J connectivity index is 1.87. The van der Waals surface area contributed by atoms with Crippen molar-refractivity contribution in [3.8, 4) is 5.75 Å².